The van der Waals surface area contributed by atoms with E-state index in [0.717, 1.165) is 16.1 Å². The number of aromatic nitrogens is 2. The van der Waals surface area contributed by atoms with E-state index in [9.17, 15) is 4.79 Å². The van der Waals surface area contributed by atoms with Crippen molar-refractivity contribution in [1.82, 2.24) is 9.97 Å². The summed E-state index contributed by atoms with van der Waals surface area (Å²) in [5.74, 6) is 0.875. The lowest BCUT2D eigenvalue weighted by Gasteiger charge is -2.08. The summed E-state index contributed by atoms with van der Waals surface area (Å²) in [6, 6.07) is 4.03. The van der Waals surface area contributed by atoms with Gasteiger partial charge in [-0.2, -0.15) is 0 Å². The van der Waals surface area contributed by atoms with Crippen LogP contribution in [0.25, 0.3) is 10.7 Å². The monoisotopic (exact) mass is 248 g/mol. The van der Waals surface area contributed by atoms with Crippen molar-refractivity contribution < 1.29 is 0 Å². The zero-order chi connectivity index (χ0) is 12.6. The number of aromatic amines is 1. The van der Waals surface area contributed by atoms with Gasteiger partial charge in [0.05, 0.1) is 4.88 Å². The maximum Gasteiger partial charge on any atom is 0.254 e. The van der Waals surface area contributed by atoms with Crippen LogP contribution in [0, 0.1) is 13.8 Å². The summed E-state index contributed by atoms with van der Waals surface area (Å²) in [7, 11) is 0. The molecule has 4 heteroatoms. The summed E-state index contributed by atoms with van der Waals surface area (Å²) in [6.45, 7) is 7.96. The van der Waals surface area contributed by atoms with Crippen molar-refractivity contribution >= 4 is 11.3 Å². The molecule has 0 amide bonds. The first-order chi connectivity index (χ1) is 7.99. The van der Waals surface area contributed by atoms with Gasteiger partial charge in [-0.05, 0) is 31.9 Å². The Morgan fingerprint density at radius 1 is 1.29 bits per heavy atom. The van der Waals surface area contributed by atoms with Crippen LogP contribution in [0.1, 0.15) is 35.9 Å². The van der Waals surface area contributed by atoms with Gasteiger partial charge in [0.25, 0.3) is 5.56 Å². The molecule has 17 heavy (non-hydrogen) atoms. The number of nitrogens with one attached hydrogen (secondary N) is 1. The Bertz CT molecular complexity index is 596. The second-order valence-corrected chi connectivity index (χ2v) is 5.77. The van der Waals surface area contributed by atoms with Crippen molar-refractivity contribution in [3.8, 4) is 10.7 Å². The Labute approximate surface area is 105 Å². The molecule has 0 aliphatic carbocycles. The summed E-state index contributed by atoms with van der Waals surface area (Å²) in [6.07, 6.45) is 0. The number of nitrogens with zero attached hydrogens (tertiary/aromatic N) is 1. The molecule has 0 fully saturated rings. The van der Waals surface area contributed by atoms with Gasteiger partial charge < -0.3 is 4.98 Å². The third kappa shape index (κ3) is 2.31. The predicted molar refractivity (Wildman–Crippen MR) is 71.7 cm³/mol. The fraction of sp³-hybridized carbons (Fsp3) is 0.385. The molecule has 0 aliphatic heterocycles. The minimum absolute atomic E-state index is 0.0199. The minimum atomic E-state index is -0.0199. The maximum atomic E-state index is 12.0. The molecule has 2 aromatic heterocycles. The van der Waals surface area contributed by atoms with E-state index in [1.807, 2.05) is 39.8 Å². The highest BCUT2D eigenvalue weighted by Gasteiger charge is 2.12. The van der Waals surface area contributed by atoms with E-state index in [1.54, 1.807) is 11.3 Å². The van der Waals surface area contributed by atoms with E-state index in [1.165, 1.54) is 4.88 Å². The van der Waals surface area contributed by atoms with Crippen LogP contribution in [0.15, 0.2) is 16.9 Å². The Morgan fingerprint density at radius 3 is 2.47 bits per heavy atom. The van der Waals surface area contributed by atoms with E-state index in [0.29, 0.717) is 5.82 Å². The van der Waals surface area contributed by atoms with Gasteiger partial charge in [0.15, 0.2) is 5.82 Å². The van der Waals surface area contributed by atoms with Crippen LogP contribution >= 0.6 is 11.3 Å². The molecule has 90 valence electrons. The topological polar surface area (TPSA) is 45.8 Å². The van der Waals surface area contributed by atoms with E-state index in [-0.39, 0.29) is 11.5 Å². The van der Waals surface area contributed by atoms with Gasteiger partial charge in [0, 0.05) is 16.1 Å². The van der Waals surface area contributed by atoms with E-state index < -0.39 is 0 Å². The SMILES string of the molecule is Cc1ccc(-c2nc(C)c(C(C)C)c(=O)[nH]2)s1. The van der Waals surface area contributed by atoms with Crippen LogP contribution in [0.2, 0.25) is 0 Å². The van der Waals surface area contributed by atoms with Crippen molar-refractivity contribution in [3.63, 3.8) is 0 Å². The number of hydrogen-bond donors (Lipinski definition) is 1. The van der Waals surface area contributed by atoms with Gasteiger partial charge in [-0.1, -0.05) is 13.8 Å². The molecule has 2 aromatic rings. The van der Waals surface area contributed by atoms with E-state index >= 15 is 0 Å². The molecule has 0 bridgehead atoms. The first-order valence-corrected chi connectivity index (χ1v) is 6.48. The van der Waals surface area contributed by atoms with Gasteiger partial charge >= 0.3 is 0 Å². The number of rotatable bonds is 2. The molecule has 0 saturated carbocycles. The molecule has 0 aliphatic rings. The van der Waals surface area contributed by atoms with Crippen LogP contribution in [0.4, 0.5) is 0 Å². The first-order valence-electron chi connectivity index (χ1n) is 5.66. The van der Waals surface area contributed by atoms with Crippen molar-refractivity contribution in [3.05, 3.63) is 38.6 Å². The molecule has 2 heterocycles. The van der Waals surface area contributed by atoms with Crippen LogP contribution in [-0.2, 0) is 0 Å². The zero-order valence-electron chi connectivity index (χ0n) is 10.5. The third-order valence-corrected chi connectivity index (χ3v) is 3.70. The largest absolute Gasteiger partial charge is 0.306 e. The highest BCUT2D eigenvalue weighted by atomic mass is 32.1. The Hall–Kier alpha value is -1.42. The molecule has 0 spiro atoms. The highest BCUT2D eigenvalue weighted by Crippen LogP contribution is 2.25. The van der Waals surface area contributed by atoms with Crippen molar-refractivity contribution in [1.29, 1.82) is 0 Å². The van der Waals surface area contributed by atoms with Crippen molar-refractivity contribution in [2.24, 2.45) is 0 Å². The van der Waals surface area contributed by atoms with E-state index in [2.05, 4.69) is 9.97 Å². The quantitative estimate of drug-likeness (QED) is 0.886. The number of H-pyrrole nitrogens is 1. The second kappa shape index (κ2) is 4.45. The molecule has 3 nitrogen and oxygen atoms in total. The van der Waals surface area contributed by atoms with E-state index in [4.69, 9.17) is 0 Å². The molecule has 0 radical (unpaired) electrons. The molecule has 0 saturated heterocycles. The van der Waals surface area contributed by atoms with Crippen molar-refractivity contribution in [2.75, 3.05) is 0 Å². The Balaban J connectivity index is 2.57. The lowest BCUT2D eigenvalue weighted by molar-refractivity contribution is 0.815. The van der Waals surface area contributed by atoms with Gasteiger partial charge in [-0.3, -0.25) is 4.79 Å². The summed E-state index contributed by atoms with van der Waals surface area (Å²) >= 11 is 1.64. The first kappa shape index (κ1) is 12.0. The normalized spacial score (nSPS) is 11.1. The number of hydrogen-bond acceptors (Lipinski definition) is 3. The molecule has 2 rings (SSSR count). The zero-order valence-corrected chi connectivity index (χ0v) is 11.3. The Morgan fingerprint density at radius 2 is 2.00 bits per heavy atom. The lowest BCUT2D eigenvalue weighted by atomic mass is 10.0. The number of thiophene rings is 1. The predicted octanol–water partition coefficient (Wildman–Crippen LogP) is 3.24. The third-order valence-electron chi connectivity index (χ3n) is 2.70. The van der Waals surface area contributed by atoms with Gasteiger partial charge in [-0.25, -0.2) is 4.98 Å². The molecular weight excluding hydrogens is 232 g/mol. The minimum Gasteiger partial charge on any atom is -0.306 e. The highest BCUT2D eigenvalue weighted by molar-refractivity contribution is 7.15. The average molecular weight is 248 g/mol. The van der Waals surface area contributed by atoms with Crippen LogP contribution in [-0.4, -0.2) is 9.97 Å². The fourth-order valence-electron chi connectivity index (χ4n) is 1.95. The van der Waals surface area contributed by atoms with Gasteiger partial charge in [0.2, 0.25) is 0 Å². The van der Waals surface area contributed by atoms with Crippen molar-refractivity contribution in [2.45, 2.75) is 33.6 Å². The lowest BCUT2D eigenvalue weighted by Crippen LogP contribution is -2.18. The Kier molecular flexibility index (Phi) is 3.15. The molecule has 0 unspecified atom stereocenters. The summed E-state index contributed by atoms with van der Waals surface area (Å²) in [4.78, 5) is 21.6. The standard InChI is InChI=1S/C13H16N2OS/c1-7(2)11-9(4)14-12(15-13(11)16)10-6-5-8(3)17-10/h5-7H,1-4H3,(H,14,15,16). The molecule has 1 N–H and O–H groups in total. The average Bonchev–Trinajstić information content (AvgIpc) is 2.63. The van der Waals surface area contributed by atoms with Crippen LogP contribution in [0.3, 0.4) is 0 Å². The summed E-state index contributed by atoms with van der Waals surface area (Å²) < 4.78 is 0. The summed E-state index contributed by atoms with van der Waals surface area (Å²) in [5, 5.41) is 0. The van der Waals surface area contributed by atoms with Crippen LogP contribution < -0.4 is 5.56 Å². The van der Waals surface area contributed by atoms with Gasteiger partial charge in [-0.15, -0.1) is 11.3 Å². The van der Waals surface area contributed by atoms with Crippen LogP contribution in [0.5, 0.6) is 0 Å². The second-order valence-electron chi connectivity index (χ2n) is 4.48. The number of aryl methyl sites for hydroxylation is 2. The molecular formula is C13H16N2OS. The maximum absolute atomic E-state index is 12.0. The molecule has 0 aromatic carbocycles. The van der Waals surface area contributed by atoms with Gasteiger partial charge in [0.1, 0.15) is 0 Å². The molecule has 0 atom stereocenters. The summed E-state index contributed by atoms with van der Waals surface area (Å²) in [5.41, 5.74) is 1.58. The smallest absolute Gasteiger partial charge is 0.254 e. The fourth-order valence-corrected chi connectivity index (χ4v) is 2.77.